The molecule has 1 rings (SSSR count). The maximum Gasteiger partial charge on any atom is 0.341 e. The second-order valence-corrected chi connectivity index (χ2v) is 3.01. The molecule has 1 N–H and O–H groups in total. The summed E-state index contributed by atoms with van der Waals surface area (Å²) in [5.74, 6) is -2.83. The van der Waals surface area contributed by atoms with Crippen molar-refractivity contribution in [3.05, 3.63) is 0 Å². The number of esters is 2. The normalized spacial score (nSPS) is 24.7. The van der Waals surface area contributed by atoms with E-state index in [0.29, 0.717) is 0 Å². The van der Waals surface area contributed by atoms with E-state index >= 15 is 0 Å². The third kappa shape index (κ3) is 2.44. The lowest BCUT2D eigenvalue weighted by molar-refractivity contribution is -0.159. The van der Waals surface area contributed by atoms with Crippen LogP contribution in [0.25, 0.3) is 0 Å². The first-order valence-electron chi connectivity index (χ1n) is 4.10. The van der Waals surface area contributed by atoms with Crippen LogP contribution in [0.4, 0.5) is 0 Å². The molecule has 1 saturated heterocycles. The average molecular weight is 218 g/mol. The first-order chi connectivity index (χ1) is 7.00. The molecule has 0 saturated carbocycles. The van der Waals surface area contributed by atoms with E-state index in [4.69, 9.17) is 9.84 Å². The van der Waals surface area contributed by atoms with Crippen LogP contribution in [0.3, 0.4) is 0 Å². The number of carbonyl (C=O) groups excluding carboxylic acids is 2. The van der Waals surface area contributed by atoms with Gasteiger partial charge >= 0.3 is 17.9 Å². The fourth-order valence-electron chi connectivity index (χ4n) is 1.24. The molecule has 0 bridgehead atoms. The molecule has 1 fully saturated rings. The van der Waals surface area contributed by atoms with Crippen LogP contribution in [0.15, 0.2) is 0 Å². The summed E-state index contributed by atoms with van der Waals surface area (Å²) < 4.78 is 13.7. The van der Waals surface area contributed by atoms with E-state index in [1.54, 1.807) is 0 Å². The summed E-state index contributed by atoms with van der Waals surface area (Å²) in [4.78, 5) is 32.8. The van der Waals surface area contributed by atoms with Gasteiger partial charge in [-0.1, -0.05) is 0 Å². The number of aliphatic carboxylic acids is 1. The second-order valence-electron chi connectivity index (χ2n) is 3.01. The number of methoxy groups -OCH3 is 1. The molecule has 0 amide bonds. The highest BCUT2D eigenvalue weighted by Gasteiger charge is 2.50. The lowest BCUT2D eigenvalue weighted by atomic mass is 9.96. The minimum absolute atomic E-state index is 0.344. The van der Waals surface area contributed by atoms with Gasteiger partial charge in [-0.05, 0) is 0 Å². The van der Waals surface area contributed by atoms with Crippen LogP contribution in [0.2, 0.25) is 0 Å². The highest BCUT2D eigenvalue weighted by Crippen LogP contribution is 2.28. The fourth-order valence-corrected chi connectivity index (χ4v) is 1.24. The minimum atomic E-state index is -1.74. The zero-order valence-electron chi connectivity index (χ0n) is 8.02. The van der Waals surface area contributed by atoms with Crippen molar-refractivity contribution in [3.63, 3.8) is 0 Å². The number of carboxylic acids is 1. The van der Waals surface area contributed by atoms with E-state index in [0.717, 1.165) is 7.11 Å². The van der Waals surface area contributed by atoms with Crippen LogP contribution < -0.4 is 0 Å². The maximum absolute atomic E-state index is 11.3. The molecule has 7 nitrogen and oxygen atoms in total. The van der Waals surface area contributed by atoms with Gasteiger partial charge < -0.3 is 19.3 Å². The number of hydrogen-bond donors (Lipinski definition) is 1. The van der Waals surface area contributed by atoms with E-state index < -0.39 is 36.4 Å². The van der Waals surface area contributed by atoms with Crippen molar-refractivity contribution in [1.82, 2.24) is 0 Å². The largest absolute Gasteiger partial charge is 0.481 e. The average Bonchev–Trinajstić information content (AvgIpc) is 2.47. The first kappa shape index (κ1) is 11.4. The van der Waals surface area contributed by atoms with Crippen LogP contribution in [0.1, 0.15) is 12.8 Å². The van der Waals surface area contributed by atoms with Gasteiger partial charge in [0, 0.05) is 0 Å². The Morgan fingerprint density at radius 3 is 2.60 bits per heavy atom. The van der Waals surface area contributed by atoms with Gasteiger partial charge in [0.2, 0.25) is 0 Å². The van der Waals surface area contributed by atoms with Crippen molar-refractivity contribution in [2.75, 3.05) is 13.9 Å². The quantitative estimate of drug-likeness (QED) is 0.622. The van der Waals surface area contributed by atoms with Crippen LogP contribution in [0, 0.1) is 0 Å². The lowest BCUT2D eigenvalue weighted by Gasteiger charge is -2.19. The summed E-state index contributed by atoms with van der Waals surface area (Å²) in [7, 11) is 1.14. The van der Waals surface area contributed by atoms with Crippen molar-refractivity contribution in [3.8, 4) is 0 Å². The molecule has 1 heterocycles. The van der Waals surface area contributed by atoms with Crippen molar-refractivity contribution in [2.45, 2.75) is 18.4 Å². The van der Waals surface area contributed by atoms with E-state index in [1.165, 1.54) is 0 Å². The molecule has 15 heavy (non-hydrogen) atoms. The fraction of sp³-hybridized carbons (Fsp3) is 0.625. The van der Waals surface area contributed by atoms with Crippen molar-refractivity contribution in [2.24, 2.45) is 0 Å². The lowest BCUT2D eigenvalue weighted by Crippen LogP contribution is -2.41. The van der Waals surface area contributed by atoms with Gasteiger partial charge in [0.15, 0.2) is 12.4 Å². The summed E-state index contributed by atoms with van der Waals surface area (Å²) >= 11 is 0. The summed E-state index contributed by atoms with van der Waals surface area (Å²) in [5, 5.41) is 8.60. The van der Waals surface area contributed by atoms with Gasteiger partial charge in [0.25, 0.3) is 0 Å². The Bertz CT molecular complexity index is 297. The number of carboxylic acid groups (broad SMARTS) is 1. The van der Waals surface area contributed by atoms with Gasteiger partial charge in [-0.2, -0.15) is 0 Å². The summed E-state index contributed by atoms with van der Waals surface area (Å²) in [6.45, 7) is -0.344. The molecule has 0 radical (unpaired) electrons. The van der Waals surface area contributed by atoms with Crippen molar-refractivity contribution < 1.29 is 33.7 Å². The molecule has 0 aromatic heterocycles. The van der Waals surface area contributed by atoms with Crippen LogP contribution in [-0.4, -0.2) is 42.5 Å². The summed E-state index contributed by atoms with van der Waals surface area (Å²) in [6, 6.07) is 0. The van der Waals surface area contributed by atoms with Gasteiger partial charge in [0.05, 0.1) is 20.0 Å². The highest BCUT2D eigenvalue weighted by atomic mass is 16.7. The van der Waals surface area contributed by atoms with E-state index in [1.807, 2.05) is 0 Å². The standard InChI is InChI=1S/C8H10O7/c1-13-6(11)3-8(2-5(9)10)7(12)14-4-15-8/h2-4H2,1H3,(H,9,10). The Hall–Kier alpha value is -1.63. The summed E-state index contributed by atoms with van der Waals surface area (Å²) in [5.41, 5.74) is -1.74. The molecule has 1 unspecified atom stereocenters. The molecular formula is C8H10O7. The molecule has 0 spiro atoms. The third-order valence-electron chi connectivity index (χ3n) is 1.99. The number of ether oxygens (including phenoxy) is 3. The van der Waals surface area contributed by atoms with E-state index in [9.17, 15) is 14.4 Å². The van der Waals surface area contributed by atoms with Gasteiger partial charge in [-0.15, -0.1) is 0 Å². The molecule has 0 aromatic carbocycles. The van der Waals surface area contributed by atoms with Gasteiger partial charge in [-0.3, -0.25) is 9.59 Å². The predicted molar refractivity (Wildman–Crippen MR) is 43.7 cm³/mol. The Kier molecular flexibility index (Phi) is 3.25. The molecule has 1 aliphatic heterocycles. The zero-order chi connectivity index (χ0) is 11.5. The topological polar surface area (TPSA) is 99.1 Å². The predicted octanol–water partition coefficient (Wildman–Crippen LogP) is -0.706. The smallest absolute Gasteiger partial charge is 0.341 e. The number of rotatable bonds is 4. The van der Waals surface area contributed by atoms with E-state index in [-0.39, 0.29) is 6.79 Å². The Balaban J connectivity index is 2.81. The number of carbonyl (C=O) groups is 3. The number of cyclic esters (lactones) is 1. The Labute approximate surface area is 84.9 Å². The Morgan fingerprint density at radius 2 is 2.20 bits per heavy atom. The minimum Gasteiger partial charge on any atom is -0.481 e. The van der Waals surface area contributed by atoms with Gasteiger partial charge in [0.1, 0.15) is 0 Å². The van der Waals surface area contributed by atoms with Crippen molar-refractivity contribution in [1.29, 1.82) is 0 Å². The Morgan fingerprint density at radius 1 is 1.53 bits per heavy atom. The molecule has 0 aliphatic carbocycles. The van der Waals surface area contributed by atoms with Crippen LogP contribution in [-0.2, 0) is 28.6 Å². The molecule has 1 aliphatic rings. The third-order valence-corrected chi connectivity index (χ3v) is 1.99. The number of hydrogen-bond acceptors (Lipinski definition) is 6. The first-order valence-corrected chi connectivity index (χ1v) is 4.10. The van der Waals surface area contributed by atoms with Gasteiger partial charge in [-0.25, -0.2) is 4.79 Å². The summed E-state index contributed by atoms with van der Waals surface area (Å²) in [6.07, 6.45) is -1.09. The second kappa shape index (κ2) is 4.26. The molecule has 7 heteroatoms. The SMILES string of the molecule is COC(=O)CC1(CC(=O)O)OCOC1=O. The molecule has 0 aromatic rings. The zero-order valence-corrected chi connectivity index (χ0v) is 8.02. The van der Waals surface area contributed by atoms with Crippen LogP contribution >= 0.6 is 0 Å². The highest BCUT2D eigenvalue weighted by molar-refractivity contribution is 5.90. The monoisotopic (exact) mass is 218 g/mol. The van der Waals surface area contributed by atoms with Crippen LogP contribution in [0.5, 0.6) is 0 Å². The maximum atomic E-state index is 11.3. The molecule has 1 atom stereocenters. The molecular weight excluding hydrogens is 208 g/mol. The van der Waals surface area contributed by atoms with Crippen molar-refractivity contribution >= 4 is 17.9 Å². The molecule has 84 valence electrons. The van der Waals surface area contributed by atoms with E-state index in [2.05, 4.69) is 9.47 Å².